The average Bonchev–Trinajstić information content (AvgIpc) is 3.17. The molecule has 0 radical (unpaired) electrons. The second-order valence-electron chi connectivity index (χ2n) is 9.47. The van der Waals surface area contributed by atoms with E-state index in [1.54, 1.807) is 24.9 Å². The molecule has 0 N–H and O–H groups in total. The van der Waals surface area contributed by atoms with E-state index in [4.69, 9.17) is 9.47 Å². The van der Waals surface area contributed by atoms with Crippen LogP contribution in [0.5, 0.6) is 11.5 Å². The van der Waals surface area contributed by atoms with Crippen LogP contribution in [0.1, 0.15) is 47.2 Å². The molecule has 1 amide bonds. The van der Waals surface area contributed by atoms with Gasteiger partial charge in [-0.05, 0) is 60.9 Å². The molecule has 0 unspecified atom stereocenters. The summed E-state index contributed by atoms with van der Waals surface area (Å²) < 4.78 is 50.5. The van der Waals surface area contributed by atoms with Crippen molar-refractivity contribution in [1.82, 2.24) is 4.90 Å². The van der Waals surface area contributed by atoms with Gasteiger partial charge in [0, 0.05) is 41.1 Å². The highest BCUT2D eigenvalue weighted by atomic mass is 32.2. The summed E-state index contributed by atoms with van der Waals surface area (Å²) in [6.45, 7) is 0. The van der Waals surface area contributed by atoms with E-state index >= 15 is 0 Å². The first-order valence-electron chi connectivity index (χ1n) is 12.3. The number of carbonyl (C=O) groups is 1. The van der Waals surface area contributed by atoms with E-state index in [2.05, 4.69) is 0 Å². The van der Waals surface area contributed by atoms with Crippen LogP contribution in [0.2, 0.25) is 0 Å². The molecular weight excluding hydrogens is 499 g/mol. The maximum Gasteiger partial charge on any atom is 0.416 e. The first kappa shape index (κ1) is 25.5. The highest BCUT2D eigenvalue weighted by molar-refractivity contribution is 7.98. The van der Waals surface area contributed by atoms with Gasteiger partial charge < -0.3 is 14.4 Å². The van der Waals surface area contributed by atoms with Gasteiger partial charge in [0.05, 0.1) is 12.7 Å². The van der Waals surface area contributed by atoms with Gasteiger partial charge in [0.25, 0.3) is 5.91 Å². The van der Waals surface area contributed by atoms with Crippen LogP contribution in [0.15, 0.2) is 77.7 Å². The topological polar surface area (TPSA) is 38.8 Å². The fraction of sp³-hybridized carbons (Fsp3) is 0.345. The van der Waals surface area contributed by atoms with Crippen LogP contribution >= 0.6 is 11.8 Å². The molecular formula is C29H28F3NO3S. The SMILES string of the molecule is COc1ccccc1SCc1ccc(C(=O)N2[C@H]3CC[C@H]2CC(Oc2cccc(C(F)(F)F)c2)C3)cc1. The molecule has 2 heterocycles. The number of thioether (sulfide) groups is 1. The summed E-state index contributed by atoms with van der Waals surface area (Å²) in [5.74, 6) is 1.84. The van der Waals surface area contributed by atoms with E-state index in [1.165, 1.54) is 6.07 Å². The number of benzene rings is 3. The number of piperidine rings is 1. The number of carbonyl (C=O) groups excluding carboxylic acids is 1. The van der Waals surface area contributed by atoms with Gasteiger partial charge >= 0.3 is 6.18 Å². The number of nitrogens with zero attached hydrogens (tertiary/aromatic N) is 1. The quantitative estimate of drug-likeness (QED) is 0.304. The monoisotopic (exact) mass is 527 g/mol. The summed E-state index contributed by atoms with van der Waals surface area (Å²) in [6.07, 6.45) is -1.62. The lowest BCUT2D eigenvalue weighted by Crippen LogP contribution is -2.49. The van der Waals surface area contributed by atoms with Crippen molar-refractivity contribution < 1.29 is 27.4 Å². The average molecular weight is 528 g/mol. The van der Waals surface area contributed by atoms with Gasteiger partial charge in [-0.3, -0.25) is 4.79 Å². The van der Waals surface area contributed by atoms with Gasteiger partial charge in [0.15, 0.2) is 0 Å². The zero-order chi connectivity index (χ0) is 26.0. The summed E-state index contributed by atoms with van der Waals surface area (Å²) in [6, 6.07) is 20.7. The van der Waals surface area contributed by atoms with Crippen LogP contribution in [0.25, 0.3) is 0 Å². The Morgan fingerprint density at radius 2 is 1.68 bits per heavy atom. The van der Waals surface area contributed by atoms with Crippen LogP contribution < -0.4 is 9.47 Å². The number of fused-ring (bicyclic) bond motifs is 2. The number of amides is 1. The Labute approximate surface area is 218 Å². The number of halogens is 3. The van der Waals surface area contributed by atoms with E-state index < -0.39 is 11.7 Å². The number of hydrogen-bond donors (Lipinski definition) is 0. The third kappa shape index (κ3) is 5.74. The van der Waals surface area contributed by atoms with Crippen LogP contribution in [0.4, 0.5) is 13.2 Å². The molecule has 2 atom stereocenters. The maximum atomic E-state index is 13.4. The molecule has 0 aliphatic carbocycles. The van der Waals surface area contributed by atoms with Crippen molar-refractivity contribution in [2.45, 2.75) is 60.7 Å². The van der Waals surface area contributed by atoms with Crippen molar-refractivity contribution in [3.63, 3.8) is 0 Å². The van der Waals surface area contributed by atoms with Crippen LogP contribution in [0.3, 0.4) is 0 Å². The minimum atomic E-state index is -4.41. The lowest BCUT2D eigenvalue weighted by atomic mass is 9.98. The molecule has 2 bridgehead atoms. The Morgan fingerprint density at radius 1 is 0.973 bits per heavy atom. The predicted octanol–water partition coefficient (Wildman–Crippen LogP) is 7.22. The van der Waals surface area contributed by atoms with E-state index in [9.17, 15) is 18.0 Å². The number of para-hydroxylation sites is 1. The number of hydrogen-bond acceptors (Lipinski definition) is 4. The van der Waals surface area contributed by atoms with Crippen molar-refractivity contribution in [3.05, 3.63) is 89.5 Å². The van der Waals surface area contributed by atoms with Crippen molar-refractivity contribution >= 4 is 17.7 Å². The van der Waals surface area contributed by atoms with Gasteiger partial charge in [0.2, 0.25) is 0 Å². The van der Waals surface area contributed by atoms with Crippen molar-refractivity contribution in [3.8, 4) is 11.5 Å². The number of ether oxygens (including phenoxy) is 2. The van der Waals surface area contributed by atoms with Gasteiger partial charge in [-0.25, -0.2) is 0 Å². The largest absolute Gasteiger partial charge is 0.496 e. The van der Waals surface area contributed by atoms with Gasteiger partial charge in [-0.2, -0.15) is 13.2 Å². The summed E-state index contributed by atoms with van der Waals surface area (Å²) >= 11 is 1.68. The summed E-state index contributed by atoms with van der Waals surface area (Å²) in [7, 11) is 1.66. The highest BCUT2D eigenvalue weighted by Crippen LogP contribution is 2.39. The molecule has 0 aromatic heterocycles. The fourth-order valence-electron chi connectivity index (χ4n) is 5.28. The Hall–Kier alpha value is -3.13. The Bertz CT molecular complexity index is 1230. The van der Waals surface area contributed by atoms with Crippen molar-refractivity contribution in [1.29, 1.82) is 0 Å². The number of alkyl halides is 3. The van der Waals surface area contributed by atoms with Crippen LogP contribution in [0, 0.1) is 0 Å². The molecule has 2 fully saturated rings. The lowest BCUT2D eigenvalue weighted by molar-refractivity contribution is -0.137. The standard InChI is InChI=1S/C29H28F3NO3S/c1-35-26-7-2-3-8-27(26)37-18-19-9-11-20(12-10-19)28(34)33-22-13-14-23(33)17-25(16-22)36-24-6-4-5-21(15-24)29(30,31)32/h2-12,15,22-23,25H,13-14,16-18H2,1H3/t22-,23-/m0/s1. The smallest absolute Gasteiger partial charge is 0.416 e. The van der Waals surface area contributed by atoms with Gasteiger partial charge in [-0.15, -0.1) is 11.8 Å². The predicted molar refractivity (Wildman–Crippen MR) is 137 cm³/mol. The molecule has 2 aliphatic rings. The van der Waals surface area contributed by atoms with E-state index in [0.717, 1.165) is 46.9 Å². The third-order valence-electron chi connectivity index (χ3n) is 7.05. The fourth-order valence-corrected chi connectivity index (χ4v) is 6.27. The normalized spacial score (nSPS) is 21.1. The van der Waals surface area contributed by atoms with Crippen molar-refractivity contribution in [2.24, 2.45) is 0 Å². The lowest BCUT2D eigenvalue weighted by Gasteiger charge is -2.39. The maximum absolute atomic E-state index is 13.4. The molecule has 37 heavy (non-hydrogen) atoms. The molecule has 4 nitrogen and oxygen atoms in total. The number of rotatable bonds is 7. The minimum Gasteiger partial charge on any atom is -0.496 e. The molecule has 0 saturated carbocycles. The second-order valence-corrected chi connectivity index (χ2v) is 10.5. The van der Waals surface area contributed by atoms with Gasteiger partial charge in [-0.1, -0.05) is 30.3 Å². The minimum absolute atomic E-state index is 0.00829. The molecule has 8 heteroatoms. The summed E-state index contributed by atoms with van der Waals surface area (Å²) in [4.78, 5) is 16.4. The molecule has 3 aromatic carbocycles. The van der Waals surface area contributed by atoms with Crippen molar-refractivity contribution in [2.75, 3.05) is 7.11 Å². The van der Waals surface area contributed by atoms with Crippen LogP contribution in [-0.2, 0) is 11.9 Å². The Morgan fingerprint density at radius 3 is 2.35 bits per heavy atom. The zero-order valence-electron chi connectivity index (χ0n) is 20.4. The highest BCUT2D eigenvalue weighted by Gasteiger charge is 2.44. The van der Waals surface area contributed by atoms with Gasteiger partial charge in [0.1, 0.15) is 17.6 Å². The number of methoxy groups -OCH3 is 1. The van der Waals surface area contributed by atoms with E-state index in [-0.39, 0.29) is 29.8 Å². The molecule has 194 valence electrons. The van der Waals surface area contributed by atoms with E-state index in [0.29, 0.717) is 18.4 Å². The van der Waals surface area contributed by atoms with E-state index in [1.807, 2.05) is 53.4 Å². The molecule has 2 saturated heterocycles. The summed E-state index contributed by atoms with van der Waals surface area (Å²) in [5.41, 5.74) is 1.05. The summed E-state index contributed by atoms with van der Waals surface area (Å²) in [5, 5.41) is 0. The first-order valence-corrected chi connectivity index (χ1v) is 13.3. The zero-order valence-corrected chi connectivity index (χ0v) is 21.2. The first-order chi connectivity index (χ1) is 17.8. The Kier molecular flexibility index (Phi) is 7.38. The van der Waals surface area contributed by atoms with Crippen LogP contribution in [-0.4, -0.2) is 36.1 Å². The molecule has 3 aromatic rings. The second kappa shape index (κ2) is 10.7. The molecule has 5 rings (SSSR count). The third-order valence-corrected chi connectivity index (χ3v) is 8.18. The molecule has 2 aliphatic heterocycles. The molecule has 0 spiro atoms. The Balaban J connectivity index is 1.20.